The van der Waals surface area contributed by atoms with Crippen LogP contribution in [-0.2, 0) is 12.7 Å². The monoisotopic (exact) mass is 437 g/mol. The molecule has 11 heteroatoms. The summed E-state index contributed by atoms with van der Waals surface area (Å²) in [6, 6.07) is 9.42. The molecule has 1 aromatic heterocycles. The summed E-state index contributed by atoms with van der Waals surface area (Å²) in [5.74, 6) is -0.770. The molecule has 0 aliphatic carbocycles. The van der Waals surface area contributed by atoms with Gasteiger partial charge < -0.3 is 15.7 Å². The van der Waals surface area contributed by atoms with Gasteiger partial charge in [0.25, 0.3) is 11.6 Å². The number of alkyl halides is 3. The number of amides is 1. The van der Waals surface area contributed by atoms with Crippen molar-refractivity contribution in [2.24, 2.45) is 0 Å². The Balaban J connectivity index is 1.74. The van der Waals surface area contributed by atoms with Crippen molar-refractivity contribution in [3.05, 3.63) is 80.0 Å². The third-order valence-corrected chi connectivity index (χ3v) is 4.98. The van der Waals surface area contributed by atoms with Crippen molar-refractivity contribution in [1.82, 2.24) is 0 Å². The lowest BCUT2D eigenvalue weighted by molar-refractivity contribution is -0.384. The van der Waals surface area contributed by atoms with E-state index in [0.717, 1.165) is 29.5 Å². The van der Waals surface area contributed by atoms with Gasteiger partial charge in [-0.05, 0) is 35.7 Å². The second kappa shape index (κ2) is 8.41. The van der Waals surface area contributed by atoms with Crippen molar-refractivity contribution in [1.29, 1.82) is 0 Å². The molecule has 0 saturated heterocycles. The fraction of sp³-hybridized carbons (Fsp3) is 0.105. The fourth-order valence-electron chi connectivity index (χ4n) is 2.60. The van der Waals surface area contributed by atoms with Gasteiger partial charge in [0, 0.05) is 29.9 Å². The molecule has 0 atom stereocenters. The second-order valence-corrected chi connectivity index (χ2v) is 7.04. The van der Waals surface area contributed by atoms with E-state index in [4.69, 9.17) is 0 Å². The molecule has 0 aliphatic rings. The molecule has 0 aliphatic heterocycles. The molecule has 0 bridgehead atoms. The molecule has 2 aromatic carbocycles. The van der Waals surface area contributed by atoms with Crippen LogP contribution in [0.4, 0.5) is 30.2 Å². The number of anilines is 2. The zero-order chi connectivity index (χ0) is 21.9. The summed E-state index contributed by atoms with van der Waals surface area (Å²) in [6.07, 6.45) is -4.53. The number of carbonyl (C=O) groups excluding carboxylic acids is 1. The van der Waals surface area contributed by atoms with Crippen LogP contribution in [0, 0.1) is 10.1 Å². The SMILES string of the molecule is O=C(Nc1cccc(C(F)(F)F)c1)c1sccc1NCc1cc([N+](=O)[O-])ccc1O. The average molecular weight is 437 g/mol. The molecular formula is C19H14F3N3O4S. The van der Waals surface area contributed by atoms with Crippen LogP contribution in [0.5, 0.6) is 5.75 Å². The van der Waals surface area contributed by atoms with Crippen molar-refractivity contribution in [3.63, 3.8) is 0 Å². The number of carbonyl (C=O) groups is 1. The molecule has 0 unspecified atom stereocenters. The summed E-state index contributed by atoms with van der Waals surface area (Å²) in [5.41, 5.74) is -0.469. The molecule has 7 nitrogen and oxygen atoms in total. The van der Waals surface area contributed by atoms with Gasteiger partial charge in [-0.3, -0.25) is 14.9 Å². The number of nitro benzene ring substituents is 1. The number of phenols is 1. The van der Waals surface area contributed by atoms with E-state index in [1.165, 1.54) is 24.3 Å². The molecule has 1 heterocycles. The molecule has 3 rings (SSSR count). The van der Waals surface area contributed by atoms with E-state index in [1.807, 2.05) is 0 Å². The molecule has 3 N–H and O–H groups in total. The summed E-state index contributed by atoms with van der Waals surface area (Å²) in [7, 11) is 0. The minimum atomic E-state index is -4.53. The Kier molecular flexibility index (Phi) is 5.92. The number of rotatable bonds is 6. The van der Waals surface area contributed by atoms with Crippen LogP contribution >= 0.6 is 11.3 Å². The number of non-ortho nitro benzene ring substituents is 1. The van der Waals surface area contributed by atoms with E-state index in [0.29, 0.717) is 5.69 Å². The van der Waals surface area contributed by atoms with E-state index < -0.39 is 22.6 Å². The molecule has 30 heavy (non-hydrogen) atoms. The maximum atomic E-state index is 12.8. The van der Waals surface area contributed by atoms with Crippen molar-refractivity contribution in [3.8, 4) is 5.75 Å². The number of nitro groups is 1. The number of nitrogens with one attached hydrogen (secondary N) is 2. The van der Waals surface area contributed by atoms with Crippen LogP contribution in [0.1, 0.15) is 20.8 Å². The van der Waals surface area contributed by atoms with Gasteiger partial charge in [0.15, 0.2) is 0 Å². The Bertz CT molecular complexity index is 1100. The first-order valence-corrected chi connectivity index (χ1v) is 9.29. The summed E-state index contributed by atoms with van der Waals surface area (Å²) in [5, 5.41) is 27.7. The van der Waals surface area contributed by atoms with E-state index in [1.54, 1.807) is 11.4 Å². The van der Waals surface area contributed by atoms with Gasteiger partial charge in [-0.1, -0.05) is 6.07 Å². The molecule has 0 fully saturated rings. The quantitative estimate of drug-likeness (QED) is 0.361. The summed E-state index contributed by atoms with van der Waals surface area (Å²) < 4.78 is 38.5. The number of benzene rings is 2. The predicted molar refractivity (Wildman–Crippen MR) is 106 cm³/mol. The Morgan fingerprint density at radius 2 is 1.93 bits per heavy atom. The summed E-state index contributed by atoms with van der Waals surface area (Å²) in [6.45, 7) is -0.00587. The topological polar surface area (TPSA) is 104 Å². The normalized spacial score (nSPS) is 11.2. The largest absolute Gasteiger partial charge is 0.508 e. The van der Waals surface area contributed by atoms with Crippen molar-refractivity contribution in [2.45, 2.75) is 12.7 Å². The Morgan fingerprint density at radius 3 is 2.63 bits per heavy atom. The van der Waals surface area contributed by atoms with Crippen molar-refractivity contribution < 1.29 is 28.0 Å². The van der Waals surface area contributed by atoms with E-state index in [9.17, 15) is 33.2 Å². The maximum Gasteiger partial charge on any atom is 0.416 e. The molecule has 0 radical (unpaired) electrons. The van der Waals surface area contributed by atoms with Gasteiger partial charge in [0.05, 0.1) is 16.2 Å². The van der Waals surface area contributed by atoms with E-state index in [2.05, 4.69) is 10.6 Å². The molecule has 1 amide bonds. The molecule has 156 valence electrons. The van der Waals surface area contributed by atoms with Gasteiger partial charge in [-0.25, -0.2) is 0 Å². The van der Waals surface area contributed by atoms with Gasteiger partial charge in [0.1, 0.15) is 10.6 Å². The Morgan fingerprint density at radius 1 is 1.17 bits per heavy atom. The van der Waals surface area contributed by atoms with E-state index in [-0.39, 0.29) is 34.1 Å². The number of phenolic OH excluding ortho intramolecular Hbond substituents is 1. The number of hydrogen-bond donors (Lipinski definition) is 3. The Hall–Kier alpha value is -3.60. The minimum absolute atomic E-state index is 0.00587. The second-order valence-electron chi connectivity index (χ2n) is 6.12. The minimum Gasteiger partial charge on any atom is -0.508 e. The summed E-state index contributed by atoms with van der Waals surface area (Å²) >= 11 is 1.07. The molecule has 0 spiro atoms. The van der Waals surface area contributed by atoms with Gasteiger partial charge >= 0.3 is 6.18 Å². The zero-order valence-electron chi connectivity index (χ0n) is 15.1. The maximum absolute atomic E-state index is 12.8. The third kappa shape index (κ3) is 4.87. The van der Waals surface area contributed by atoms with Crippen LogP contribution in [0.15, 0.2) is 53.9 Å². The first-order chi connectivity index (χ1) is 14.1. The van der Waals surface area contributed by atoms with Gasteiger partial charge in [0.2, 0.25) is 0 Å². The highest BCUT2D eigenvalue weighted by molar-refractivity contribution is 7.12. The average Bonchev–Trinajstić information content (AvgIpc) is 3.15. The number of aromatic hydroxyl groups is 1. The third-order valence-electron chi connectivity index (χ3n) is 4.06. The first kappa shape index (κ1) is 21.1. The van der Waals surface area contributed by atoms with Crippen LogP contribution < -0.4 is 10.6 Å². The lowest BCUT2D eigenvalue weighted by Crippen LogP contribution is -2.14. The summed E-state index contributed by atoms with van der Waals surface area (Å²) in [4.78, 5) is 23.0. The molecule has 0 saturated carbocycles. The highest BCUT2D eigenvalue weighted by Gasteiger charge is 2.30. The van der Waals surface area contributed by atoms with Gasteiger partial charge in [-0.2, -0.15) is 13.2 Å². The number of nitrogens with zero attached hydrogens (tertiary/aromatic N) is 1. The first-order valence-electron chi connectivity index (χ1n) is 8.41. The van der Waals surface area contributed by atoms with Crippen LogP contribution in [0.2, 0.25) is 0 Å². The Labute approximate surface area is 171 Å². The number of hydrogen-bond acceptors (Lipinski definition) is 6. The smallest absolute Gasteiger partial charge is 0.416 e. The molecule has 3 aromatic rings. The van der Waals surface area contributed by atoms with Crippen molar-refractivity contribution >= 4 is 34.3 Å². The lowest BCUT2D eigenvalue weighted by atomic mass is 10.1. The van der Waals surface area contributed by atoms with E-state index >= 15 is 0 Å². The number of thiophene rings is 1. The fourth-order valence-corrected chi connectivity index (χ4v) is 3.37. The van der Waals surface area contributed by atoms with Crippen molar-refractivity contribution in [2.75, 3.05) is 10.6 Å². The lowest BCUT2D eigenvalue weighted by Gasteiger charge is -2.11. The zero-order valence-corrected chi connectivity index (χ0v) is 15.9. The molecular weight excluding hydrogens is 423 g/mol. The van der Waals surface area contributed by atoms with Crippen LogP contribution in [0.25, 0.3) is 0 Å². The van der Waals surface area contributed by atoms with Crippen LogP contribution in [-0.4, -0.2) is 15.9 Å². The standard InChI is InChI=1S/C19H14F3N3O4S/c20-19(21,22)12-2-1-3-13(9-12)24-18(27)17-15(6-7-30-17)23-10-11-8-14(25(28)29)4-5-16(11)26/h1-9,23,26H,10H2,(H,24,27). The predicted octanol–water partition coefficient (Wildman–Crippen LogP) is 5.25. The highest BCUT2D eigenvalue weighted by Crippen LogP contribution is 2.31. The van der Waals surface area contributed by atoms with Crippen LogP contribution in [0.3, 0.4) is 0 Å². The highest BCUT2D eigenvalue weighted by atomic mass is 32.1. The van der Waals surface area contributed by atoms with Gasteiger partial charge in [-0.15, -0.1) is 11.3 Å². The number of halogens is 3.